The highest BCUT2D eigenvalue weighted by atomic mass is 32.2. The van der Waals surface area contributed by atoms with Gasteiger partial charge in [-0.1, -0.05) is 0 Å². The number of nitrogens with one attached hydrogen (secondary N) is 1. The number of hydrogen-bond donors (Lipinski definition) is 1. The molecule has 1 aliphatic rings. The molecule has 0 aliphatic heterocycles. The quantitative estimate of drug-likeness (QED) is 0.563. The standard InChI is InChI=1S/C12H21NO7S/c1-11(2,3)20-10(15)13-8(9(14)19-5)12(21(16)17)6-7(12)18-4/h7-8H,6H2,1-5H3,(H,13,15)(H,16,17)/p-1. The number of carbonyl (C=O) groups excluding carboxylic acids is 2. The zero-order chi connectivity index (χ0) is 16.4. The van der Waals surface area contributed by atoms with Crippen molar-refractivity contribution in [1.29, 1.82) is 0 Å². The lowest BCUT2D eigenvalue weighted by Gasteiger charge is -2.29. The predicted octanol–water partition coefficient (Wildman–Crippen LogP) is 0.0893. The van der Waals surface area contributed by atoms with Crippen LogP contribution >= 0.6 is 0 Å². The minimum Gasteiger partial charge on any atom is -0.772 e. The molecule has 1 amide bonds. The van der Waals surface area contributed by atoms with Crippen LogP contribution in [0, 0.1) is 0 Å². The second kappa shape index (κ2) is 6.29. The van der Waals surface area contributed by atoms with Crippen LogP contribution in [-0.2, 0) is 30.1 Å². The van der Waals surface area contributed by atoms with E-state index >= 15 is 0 Å². The molecule has 4 atom stereocenters. The maximum atomic E-state index is 11.8. The van der Waals surface area contributed by atoms with Gasteiger partial charge in [-0.25, -0.2) is 9.59 Å². The molecule has 4 unspecified atom stereocenters. The van der Waals surface area contributed by atoms with E-state index in [1.54, 1.807) is 20.8 Å². The average molecular weight is 322 g/mol. The van der Waals surface area contributed by atoms with Crippen molar-refractivity contribution in [2.24, 2.45) is 0 Å². The number of methoxy groups -OCH3 is 2. The largest absolute Gasteiger partial charge is 0.772 e. The lowest BCUT2D eigenvalue weighted by Crippen LogP contribution is -2.55. The topological polar surface area (TPSA) is 114 Å². The van der Waals surface area contributed by atoms with E-state index in [2.05, 4.69) is 10.1 Å². The first kappa shape index (κ1) is 17.9. The number of amides is 1. The van der Waals surface area contributed by atoms with Crippen molar-refractivity contribution in [3.05, 3.63) is 0 Å². The monoisotopic (exact) mass is 322 g/mol. The lowest BCUT2D eigenvalue weighted by atomic mass is 10.1. The van der Waals surface area contributed by atoms with Crippen LogP contribution in [0.3, 0.4) is 0 Å². The molecule has 1 rings (SSSR count). The highest BCUT2D eigenvalue weighted by molar-refractivity contribution is 7.81. The molecule has 0 spiro atoms. The molecular formula is C12H20NO7S-. The second-order valence-electron chi connectivity index (χ2n) is 5.72. The van der Waals surface area contributed by atoms with Crippen LogP contribution in [0.25, 0.3) is 0 Å². The van der Waals surface area contributed by atoms with Gasteiger partial charge in [-0.05, 0) is 38.3 Å². The summed E-state index contributed by atoms with van der Waals surface area (Å²) in [7, 11) is 2.44. The number of alkyl carbamates (subject to hydrolysis) is 1. The Balaban J connectivity index is 2.95. The molecule has 1 N–H and O–H groups in total. The molecule has 0 radical (unpaired) electrons. The summed E-state index contributed by atoms with van der Waals surface area (Å²) in [6.45, 7) is 4.95. The maximum absolute atomic E-state index is 11.8. The third-order valence-electron chi connectivity index (χ3n) is 3.07. The summed E-state index contributed by atoms with van der Waals surface area (Å²) in [4.78, 5) is 23.6. The average Bonchev–Trinajstić information content (AvgIpc) is 3.08. The first-order chi connectivity index (χ1) is 9.58. The maximum Gasteiger partial charge on any atom is 0.408 e. The molecule has 0 aromatic carbocycles. The number of ether oxygens (including phenoxy) is 3. The van der Waals surface area contributed by atoms with E-state index in [4.69, 9.17) is 9.47 Å². The van der Waals surface area contributed by atoms with E-state index in [-0.39, 0.29) is 6.42 Å². The summed E-state index contributed by atoms with van der Waals surface area (Å²) >= 11 is -2.63. The Kier molecular flexibility index (Phi) is 5.35. The Labute approximate surface area is 125 Å². The molecule has 122 valence electrons. The van der Waals surface area contributed by atoms with Crippen LogP contribution in [-0.4, -0.2) is 57.5 Å². The number of hydrogen-bond acceptors (Lipinski definition) is 7. The SMILES string of the molecule is COC(=O)C(NC(=O)OC(C)(C)C)C1(S(=O)[O-])CC1OC. The van der Waals surface area contributed by atoms with Gasteiger partial charge in [0.2, 0.25) is 0 Å². The summed E-state index contributed by atoms with van der Waals surface area (Å²) in [5.74, 6) is -0.871. The van der Waals surface area contributed by atoms with Crippen molar-refractivity contribution in [3.8, 4) is 0 Å². The fraction of sp³-hybridized carbons (Fsp3) is 0.833. The Hall–Kier alpha value is -1.19. The Morgan fingerprint density at radius 2 is 1.95 bits per heavy atom. The molecule has 0 aromatic rings. The normalized spacial score (nSPS) is 27.4. The molecule has 8 nitrogen and oxygen atoms in total. The van der Waals surface area contributed by atoms with Gasteiger partial charge in [0.15, 0.2) is 0 Å². The van der Waals surface area contributed by atoms with Crippen LogP contribution in [0.1, 0.15) is 27.2 Å². The summed E-state index contributed by atoms with van der Waals surface area (Å²) in [6.07, 6.45) is -1.49. The molecule has 9 heteroatoms. The molecule has 1 aliphatic carbocycles. The molecule has 0 bridgehead atoms. The van der Waals surface area contributed by atoms with Crippen molar-refractivity contribution in [3.63, 3.8) is 0 Å². The van der Waals surface area contributed by atoms with Crippen LogP contribution in [0.2, 0.25) is 0 Å². The summed E-state index contributed by atoms with van der Waals surface area (Å²) in [6, 6.07) is -1.39. The third kappa shape index (κ3) is 3.92. The molecule has 0 heterocycles. The van der Waals surface area contributed by atoms with Crippen molar-refractivity contribution in [2.45, 2.75) is 49.7 Å². The van der Waals surface area contributed by atoms with Gasteiger partial charge < -0.3 is 24.1 Å². The molecule has 0 aromatic heterocycles. The predicted molar refractivity (Wildman–Crippen MR) is 72.2 cm³/mol. The van der Waals surface area contributed by atoms with Gasteiger partial charge in [-0.2, -0.15) is 0 Å². The van der Waals surface area contributed by atoms with Crippen LogP contribution < -0.4 is 5.32 Å². The third-order valence-corrected chi connectivity index (χ3v) is 4.36. The van der Waals surface area contributed by atoms with E-state index in [1.165, 1.54) is 7.11 Å². The van der Waals surface area contributed by atoms with E-state index in [0.717, 1.165) is 7.11 Å². The van der Waals surface area contributed by atoms with E-state index in [9.17, 15) is 18.4 Å². The molecule has 21 heavy (non-hydrogen) atoms. The van der Waals surface area contributed by atoms with Crippen LogP contribution in [0.15, 0.2) is 0 Å². The Bertz CT molecular complexity index is 447. The summed E-state index contributed by atoms with van der Waals surface area (Å²) in [5, 5.41) is 2.26. The zero-order valence-corrected chi connectivity index (χ0v) is 13.4. The van der Waals surface area contributed by atoms with Crippen LogP contribution in [0.4, 0.5) is 4.79 Å². The summed E-state index contributed by atoms with van der Waals surface area (Å²) in [5.41, 5.74) is -0.779. The molecule has 1 saturated carbocycles. The second-order valence-corrected chi connectivity index (χ2v) is 6.95. The number of carbonyl (C=O) groups is 2. The van der Waals surface area contributed by atoms with E-state index in [0.29, 0.717) is 0 Å². The highest BCUT2D eigenvalue weighted by Crippen LogP contribution is 2.47. The first-order valence-electron chi connectivity index (χ1n) is 6.28. The van der Waals surface area contributed by atoms with Crippen molar-refractivity contribution < 1.29 is 32.6 Å². The fourth-order valence-corrected chi connectivity index (χ4v) is 2.96. The zero-order valence-electron chi connectivity index (χ0n) is 12.6. The number of esters is 1. The highest BCUT2D eigenvalue weighted by Gasteiger charge is 2.65. The smallest absolute Gasteiger partial charge is 0.408 e. The van der Waals surface area contributed by atoms with Crippen molar-refractivity contribution in [1.82, 2.24) is 5.32 Å². The van der Waals surface area contributed by atoms with E-state index in [1.807, 2.05) is 0 Å². The molecular weight excluding hydrogens is 302 g/mol. The number of rotatable bonds is 5. The van der Waals surface area contributed by atoms with Gasteiger partial charge >= 0.3 is 12.1 Å². The Morgan fingerprint density at radius 3 is 2.29 bits per heavy atom. The van der Waals surface area contributed by atoms with Gasteiger partial charge in [-0.15, -0.1) is 0 Å². The Morgan fingerprint density at radius 1 is 1.38 bits per heavy atom. The van der Waals surface area contributed by atoms with Gasteiger partial charge in [0.1, 0.15) is 11.6 Å². The molecule has 0 saturated heterocycles. The van der Waals surface area contributed by atoms with Crippen molar-refractivity contribution >= 4 is 23.1 Å². The minimum absolute atomic E-state index is 0.0924. The van der Waals surface area contributed by atoms with Gasteiger partial charge in [0, 0.05) is 7.11 Å². The molecule has 1 fully saturated rings. The minimum atomic E-state index is -2.63. The first-order valence-corrected chi connectivity index (χ1v) is 7.35. The van der Waals surface area contributed by atoms with Gasteiger partial charge in [0.05, 0.1) is 18.0 Å². The van der Waals surface area contributed by atoms with Gasteiger partial charge in [-0.3, -0.25) is 4.21 Å². The summed E-state index contributed by atoms with van der Waals surface area (Å²) < 4.78 is 36.1. The van der Waals surface area contributed by atoms with E-state index < -0.39 is 45.6 Å². The van der Waals surface area contributed by atoms with Crippen molar-refractivity contribution in [2.75, 3.05) is 14.2 Å². The van der Waals surface area contributed by atoms with Gasteiger partial charge in [0.25, 0.3) is 0 Å². The lowest BCUT2D eigenvalue weighted by molar-refractivity contribution is -0.143. The fourth-order valence-electron chi connectivity index (χ4n) is 2.01. The van der Waals surface area contributed by atoms with Crippen LogP contribution in [0.5, 0.6) is 0 Å².